The molecule has 0 fully saturated rings. The van der Waals surface area contributed by atoms with Crippen LogP contribution in [0, 0.1) is 6.92 Å². The van der Waals surface area contributed by atoms with Crippen molar-refractivity contribution in [1.29, 1.82) is 0 Å². The van der Waals surface area contributed by atoms with Gasteiger partial charge in [0.2, 0.25) is 0 Å². The number of nitrogens with one attached hydrogen (secondary N) is 1. The van der Waals surface area contributed by atoms with Crippen molar-refractivity contribution in [2.75, 3.05) is 0 Å². The van der Waals surface area contributed by atoms with Crippen LogP contribution in [0.3, 0.4) is 0 Å². The molecule has 3 heterocycles. The third-order valence-electron chi connectivity index (χ3n) is 3.33. The van der Waals surface area contributed by atoms with Crippen LogP contribution in [0.5, 0.6) is 0 Å². The highest BCUT2D eigenvalue weighted by Gasteiger charge is 2.09. The van der Waals surface area contributed by atoms with Crippen LogP contribution in [-0.2, 0) is 7.05 Å². The SMILES string of the molecule is Cc1cc(-c2cc3cn[nH]c3s2)cc2cn(C)nc12. The fraction of sp³-hybridized carbons (Fsp3) is 0.143. The number of fused-ring (bicyclic) bond motifs is 2. The predicted molar refractivity (Wildman–Crippen MR) is 78.4 cm³/mol. The summed E-state index contributed by atoms with van der Waals surface area (Å²) in [5.41, 5.74) is 3.53. The minimum Gasteiger partial charge on any atom is -0.275 e. The molecule has 0 atom stereocenters. The lowest BCUT2D eigenvalue weighted by molar-refractivity contribution is 0.779. The Hall–Kier alpha value is -2.14. The van der Waals surface area contributed by atoms with E-state index in [0.717, 1.165) is 10.3 Å². The van der Waals surface area contributed by atoms with E-state index in [2.05, 4.69) is 46.6 Å². The summed E-state index contributed by atoms with van der Waals surface area (Å²) in [7, 11) is 1.96. The molecule has 4 rings (SSSR count). The predicted octanol–water partition coefficient (Wildman–Crippen LogP) is 3.49. The van der Waals surface area contributed by atoms with Gasteiger partial charge < -0.3 is 0 Å². The first kappa shape index (κ1) is 10.8. The van der Waals surface area contributed by atoms with Crippen LogP contribution in [0.25, 0.3) is 31.6 Å². The van der Waals surface area contributed by atoms with E-state index in [4.69, 9.17) is 0 Å². The van der Waals surface area contributed by atoms with Crippen molar-refractivity contribution in [1.82, 2.24) is 20.0 Å². The van der Waals surface area contributed by atoms with Gasteiger partial charge in [-0.25, -0.2) is 0 Å². The van der Waals surface area contributed by atoms with Crippen molar-refractivity contribution in [3.8, 4) is 10.4 Å². The summed E-state index contributed by atoms with van der Waals surface area (Å²) in [6.45, 7) is 2.11. The summed E-state index contributed by atoms with van der Waals surface area (Å²) >= 11 is 1.74. The van der Waals surface area contributed by atoms with Crippen LogP contribution in [0.4, 0.5) is 0 Å². The minimum atomic E-state index is 1.08. The molecule has 0 amide bonds. The number of aromatic amines is 1. The Morgan fingerprint density at radius 1 is 1.21 bits per heavy atom. The molecule has 4 aromatic rings. The summed E-state index contributed by atoms with van der Waals surface area (Å²) < 4.78 is 1.87. The number of H-pyrrole nitrogens is 1. The van der Waals surface area contributed by atoms with Crippen LogP contribution in [0.2, 0.25) is 0 Å². The highest BCUT2D eigenvalue weighted by Crippen LogP contribution is 2.34. The number of aromatic nitrogens is 4. The Morgan fingerprint density at radius 2 is 2.11 bits per heavy atom. The van der Waals surface area contributed by atoms with Crippen molar-refractivity contribution in [3.05, 3.63) is 36.2 Å². The molecule has 1 aromatic carbocycles. The average molecular weight is 268 g/mol. The molecule has 0 radical (unpaired) electrons. The average Bonchev–Trinajstić information content (AvgIpc) is 3.00. The Balaban J connectivity index is 1.97. The molecule has 0 saturated carbocycles. The first-order valence-corrected chi connectivity index (χ1v) is 6.89. The molecule has 94 valence electrons. The largest absolute Gasteiger partial charge is 0.275 e. The summed E-state index contributed by atoms with van der Waals surface area (Å²) in [5, 5.41) is 13.9. The Kier molecular flexibility index (Phi) is 2.08. The van der Waals surface area contributed by atoms with Crippen molar-refractivity contribution in [3.63, 3.8) is 0 Å². The summed E-state index contributed by atoms with van der Waals surface area (Å²) in [6, 6.07) is 6.58. The zero-order chi connectivity index (χ0) is 13.0. The van der Waals surface area contributed by atoms with Gasteiger partial charge in [-0.05, 0) is 36.2 Å². The molecular formula is C14H12N4S. The molecule has 0 aliphatic rings. The number of thiophene rings is 1. The van der Waals surface area contributed by atoms with Crippen LogP contribution < -0.4 is 0 Å². The van der Waals surface area contributed by atoms with E-state index in [1.165, 1.54) is 26.8 Å². The molecule has 3 aromatic heterocycles. The van der Waals surface area contributed by atoms with Gasteiger partial charge in [0, 0.05) is 28.9 Å². The first-order chi connectivity index (χ1) is 9.20. The van der Waals surface area contributed by atoms with Gasteiger partial charge in [-0.3, -0.25) is 9.78 Å². The standard InChI is InChI=1S/C14H12N4S/c1-8-3-9(4-11-7-18(2)17-13(8)11)12-5-10-6-15-16-14(10)19-12/h3-7H,1-2H3,(H,15,16). The van der Waals surface area contributed by atoms with E-state index in [9.17, 15) is 0 Å². The quantitative estimate of drug-likeness (QED) is 0.574. The van der Waals surface area contributed by atoms with Gasteiger partial charge in [-0.15, -0.1) is 11.3 Å². The molecule has 0 aliphatic heterocycles. The molecule has 0 saturated heterocycles. The van der Waals surface area contributed by atoms with Crippen LogP contribution in [0.1, 0.15) is 5.56 Å². The van der Waals surface area contributed by atoms with Gasteiger partial charge in [0.25, 0.3) is 0 Å². The number of rotatable bonds is 1. The second-order valence-electron chi connectivity index (χ2n) is 4.80. The van der Waals surface area contributed by atoms with Gasteiger partial charge in [0.05, 0.1) is 11.7 Å². The van der Waals surface area contributed by atoms with Crippen LogP contribution >= 0.6 is 11.3 Å². The van der Waals surface area contributed by atoms with Crippen molar-refractivity contribution < 1.29 is 0 Å². The zero-order valence-electron chi connectivity index (χ0n) is 10.6. The van der Waals surface area contributed by atoms with Crippen molar-refractivity contribution in [2.24, 2.45) is 7.05 Å². The van der Waals surface area contributed by atoms with Gasteiger partial charge >= 0.3 is 0 Å². The topological polar surface area (TPSA) is 46.5 Å². The lowest BCUT2D eigenvalue weighted by Gasteiger charge is -2.00. The monoisotopic (exact) mass is 268 g/mol. The number of hydrogen-bond acceptors (Lipinski definition) is 3. The van der Waals surface area contributed by atoms with E-state index in [-0.39, 0.29) is 0 Å². The van der Waals surface area contributed by atoms with Gasteiger partial charge in [-0.1, -0.05) is 0 Å². The second-order valence-corrected chi connectivity index (χ2v) is 5.85. The highest BCUT2D eigenvalue weighted by molar-refractivity contribution is 7.21. The fourth-order valence-electron chi connectivity index (χ4n) is 2.46. The van der Waals surface area contributed by atoms with Gasteiger partial charge in [-0.2, -0.15) is 10.2 Å². The second kappa shape index (κ2) is 3.68. The van der Waals surface area contributed by atoms with Crippen LogP contribution in [0.15, 0.2) is 30.6 Å². The third kappa shape index (κ3) is 1.58. The molecule has 0 unspecified atom stereocenters. The maximum atomic E-state index is 4.48. The lowest BCUT2D eigenvalue weighted by atomic mass is 10.1. The number of aryl methyl sites for hydroxylation is 2. The molecule has 4 nitrogen and oxygen atoms in total. The normalized spacial score (nSPS) is 11.7. The molecule has 5 heteroatoms. The summed E-state index contributed by atoms with van der Waals surface area (Å²) in [6.07, 6.45) is 3.93. The number of benzene rings is 1. The van der Waals surface area contributed by atoms with E-state index in [1.807, 2.05) is 17.9 Å². The molecule has 0 spiro atoms. The van der Waals surface area contributed by atoms with Crippen molar-refractivity contribution >= 4 is 32.5 Å². The van der Waals surface area contributed by atoms with Crippen LogP contribution in [-0.4, -0.2) is 20.0 Å². The zero-order valence-corrected chi connectivity index (χ0v) is 11.5. The number of nitrogens with zero attached hydrogens (tertiary/aromatic N) is 3. The maximum absolute atomic E-state index is 4.48. The fourth-order valence-corrected chi connectivity index (χ4v) is 3.43. The Morgan fingerprint density at radius 3 is 2.95 bits per heavy atom. The van der Waals surface area contributed by atoms with E-state index < -0.39 is 0 Å². The molecule has 1 N–H and O–H groups in total. The Labute approximate surface area is 113 Å². The highest BCUT2D eigenvalue weighted by atomic mass is 32.1. The minimum absolute atomic E-state index is 1.08. The maximum Gasteiger partial charge on any atom is 0.118 e. The van der Waals surface area contributed by atoms with E-state index >= 15 is 0 Å². The van der Waals surface area contributed by atoms with Gasteiger partial charge in [0.15, 0.2) is 0 Å². The van der Waals surface area contributed by atoms with E-state index in [0.29, 0.717) is 0 Å². The van der Waals surface area contributed by atoms with Crippen molar-refractivity contribution in [2.45, 2.75) is 6.92 Å². The van der Waals surface area contributed by atoms with Gasteiger partial charge in [0.1, 0.15) is 4.83 Å². The summed E-state index contributed by atoms with van der Waals surface area (Å²) in [4.78, 5) is 2.39. The third-order valence-corrected chi connectivity index (χ3v) is 4.43. The molecule has 19 heavy (non-hydrogen) atoms. The molecular weight excluding hydrogens is 256 g/mol. The Bertz CT molecular complexity index is 868. The van der Waals surface area contributed by atoms with E-state index in [1.54, 1.807) is 11.3 Å². The smallest absolute Gasteiger partial charge is 0.118 e. The molecule has 0 bridgehead atoms. The number of hydrogen-bond donors (Lipinski definition) is 1. The summed E-state index contributed by atoms with van der Waals surface area (Å²) in [5.74, 6) is 0. The first-order valence-electron chi connectivity index (χ1n) is 6.08. The lowest BCUT2D eigenvalue weighted by Crippen LogP contribution is -1.86. The molecule has 0 aliphatic carbocycles.